The van der Waals surface area contributed by atoms with Gasteiger partial charge in [-0.25, -0.2) is 0 Å². The fraction of sp³-hybridized carbons (Fsp3) is 0.667. The summed E-state index contributed by atoms with van der Waals surface area (Å²) in [4.78, 5) is 0. The third-order valence-corrected chi connectivity index (χ3v) is 1.96. The zero-order valence-corrected chi connectivity index (χ0v) is 8.33. The second kappa shape index (κ2) is 4.87. The summed E-state index contributed by atoms with van der Waals surface area (Å²) in [7, 11) is 1.92. The second-order valence-electron chi connectivity index (χ2n) is 3.39. The van der Waals surface area contributed by atoms with Gasteiger partial charge in [-0.3, -0.25) is 4.68 Å². The lowest BCUT2D eigenvalue weighted by Gasteiger charge is -2.07. The Hall–Kier alpha value is -1.03. The van der Waals surface area contributed by atoms with Gasteiger partial charge in [0.1, 0.15) is 5.82 Å². The molecule has 0 aliphatic heterocycles. The Kier molecular flexibility index (Phi) is 3.76. The summed E-state index contributed by atoms with van der Waals surface area (Å²) < 4.78 is 1.83. The normalized spacial score (nSPS) is 12.8. The molecule has 0 aliphatic carbocycles. The highest BCUT2D eigenvalue weighted by Crippen LogP contribution is 2.03. The van der Waals surface area contributed by atoms with Crippen LogP contribution < -0.4 is 11.1 Å². The van der Waals surface area contributed by atoms with Gasteiger partial charge in [-0.1, -0.05) is 0 Å². The fourth-order valence-electron chi connectivity index (χ4n) is 1.19. The molecule has 0 saturated heterocycles. The standard InChI is InChI=1S/C9H18N4/c1-8(10)4-3-6-11-9-5-7-12-13(9)2/h5,7-8,11H,3-4,6,10H2,1-2H3. The summed E-state index contributed by atoms with van der Waals surface area (Å²) in [5.74, 6) is 1.06. The summed E-state index contributed by atoms with van der Waals surface area (Å²) in [6.07, 6.45) is 3.95. The van der Waals surface area contributed by atoms with Gasteiger partial charge >= 0.3 is 0 Å². The number of anilines is 1. The predicted octanol–water partition coefficient (Wildman–Crippen LogP) is 0.959. The number of aryl methyl sites for hydroxylation is 1. The molecule has 1 rings (SSSR count). The van der Waals surface area contributed by atoms with E-state index >= 15 is 0 Å². The predicted molar refractivity (Wildman–Crippen MR) is 54.6 cm³/mol. The first-order valence-corrected chi connectivity index (χ1v) is 4.67. The maximum Gasteiger partial charge on any atom is 0.123 e. The molecule has 1 atom stereocenters. The van der Waals surface area contributed by atoms with E-state index in [1.807, 2.05) is 24.7 Å². The molecule has 1 heterocycles. The number of nitrogens with two attached hydrogens (primary N) is 1. The van der Waals surface area contributed by atoms with Crippen LogP contribution in [0, 0.1) is 0 Å². The van der Waals surface area contributed by atoms with Crippen molar-refractivity contribution in [3.63, 3.8) is 0 Å². The van der Waals surface area contributed by atoms with Crippen LogP contribution in [0.25, 0.3) is 0 Å². The number of hydrogen-bond donors (Lipinski definition) is 2. The molecule has 1 aromatic rings. The number of hydrogen-bond acceptors (Lipinski definition) is 3. The molecule has 74 valence electrons. The van der Waals surface area contributed by atoms with Crippen LogP contribution in [0.3, 0.4) is 0 Å². The van der Waals surface area contributed by atoms with Crippen LogP contribution in [0.2, 0.25) is 0 Å². The first kappa shape index (κ1) is 10.1. The number of nitrogens with one attached hydrogen (secondary N) is 1. The van der Waals surface area contributed by atoms with E-state index in [0.717, 1.165) is 25.2 Å². The largest absolute Gasteiger partial charge is 0.370 e. The number of rotatable bonds is 5. The summed E-state index contributed by atoms with van der Waals surface area (Å²) >= 11 is 0. The SMILES string of the molecule is CC(N)CCCNc1ccnn1C. The van der Waals surface area contributed by atoms with Gasteiger partial charge in [-0.15, -0.1) is 0 Å². The zero-order chi connectivity index (χ0) is 9.68. The van der Waals surface area contributed by atoms with Gasteiger partial charge in [-0.2, -0.15) is 5.10 Å². The highest BCUT2D eigenvalue weighted by Gasteiger charge is 1.97. The van der Waals surface area contributed by atoms with Crippen LogP contribution in [0.1, 0.15) is 19.8 Å². The van der Waals surface area contributed by atoms with E-state index in [0.29, 0.717) is 6.04 Å². The molecule has 0 aliphatic rings. The van der Waals surface area contributed by atoms with Gasteiger partial charge in [0.2, 0.25) is 0 Å². The Bertz CT molecular complexity index is 242. The fourth-order valence-corrected chi connectivity index (χ4v) is 1.19. The molecular weight excluding hydrogens is 164 g/mol. The van der Waals surface area contributed by atoms with Crippen molar-refractivity contribution >= 4 is 5.82 Å². The molecule has 4 nitrogen and oxygen atoms in total. The Labute approximate surface area is 79.1 Å². The minimum atomic E-state index is 0.299. The Morgan fingerprint density at radius 1 is 1.69 bits per heavy atom. The van der Waals surface area contributed by atoms with E-state index in [9.17, 15) is 0 Å². The minimum absolute atomic E-state index is 0.299. The monoisotopic (exact) mass is 182 g/mol. The summed E-state index contributed by atoms with van der Waals surface area (Å²) in [5.41, 5.74) is 5.64. The highest BCUT2D eigenvalue weighted by molar-refractivity contribution is 5.32. The van der Waals surface area contributed by atoms with E-state index in [1.165, 1.54) is 0 Å². The molecule has 0 radical (unpaired) electrons. The van der Waals surface area contributed by atoms with Gasteiger partial charge in [0, 0.05) is 25.7 Å². The van der Waals surface area contributed by atoms with Gasteiger partial charge in [0.05, 0.1) is 6.20 Å². The van der Waals surface area contributed by atoms with Crippen LogP contribution in [0.4, 0.5) is 5.82 Å². The summed E-state index contributed by atoms with van der Waals surface area (Å²) in [5, 5.41) is 7.35. The van der Waals surface area contributed by atoms with E-state index in [-0.39, 0.29) is 0 Å². The van der Waals surface area contributed by atoms with E-state index in [1.54, 1.807) is 6.20 Å². The van der Waals surface area contributed by atoms with Crippen molar-refractivity contribution in [2.24, 2.45) is 12.8 Å². The molecule has 1 aromatic heterocycles. The third-order valence-electron chi connectivity index (χ3n) is 1.96. The molecule has 1 unspecified atom stereocenters. The van der Waals surface area contributed by atoms with E-state index in [2.05, 4.69) is 10.4 Å². The lowest BCUT2D eigenvalue weighted by Crippen LogP contribution is -2.16. The Morgan fingerprint density at radius 3 is 3.00 bits per heavy atom. The summed E-state index contributed by atoms with van der Waals surface area (Å²) in [6, 6.07) is 2.26. The molecule has 0 bridgehead atoms. The lowest BCUT2D eigenvalue weighted by atomic mass is 10.2. The molecular formula is C9H18N4. The van der Waals surface area contributed by atoms with Crippen molar-refractivity contribution in [2.75, 3.05) is 11.9 Å². The number of nitrogens with zero attached hydrogens (tertiary/aromatic N) is 2. The van der Waals surface area contributed by atoms with Crippen molar-refractivity contribution in [3.05, 3.63) is 12.3 Å². The molecule has 4 heteroatoms. The maximum atomic E-state index is 5.64. The van der Waals surface area contributed by atoms with Crippen LogP contribution in [0.15, 0.2) is 12.3 Å². The average Bonchev–Trinajstić information content (AvgIpc) is 2.45. The van der Waals surface area contributed by atoms with Gasteiger partial charge < -0.3 is 11.1 Å². The van der Waals surface area contributed by atoms with Crippen LogP contribution in [-0.4, -0.2) is 22.4 Å². The van der Waals surface area contributed by atoms with E-state index < -0.39 is 0 Å². The first-order valence-electron chi connectivity index (χ1n) is 4.67. The summed E-state index contributed by atoms with van der Waals surface area (Å²) in [6.45, 7) is 2.99. The Balaban J connectivity index is 2.17. The van der Waals surface area contributed by atoms with Gasteiger partial charge in [0.15, 0.2) is 0 Å². The van der Waals surface area contributed by atoms with Crippen molar-refractivity contribution in [3.8, 4) is 0 Å². The highest BCUT2D eigenvalue weighted by atomic mass is 15.3. The van der Waals surface area contributed by atoms with Crippen LogP contribution >= 0.6 is 0 Å². The third kappa shape index (κ3) is 3.46. The van der Waals surface area contributed by atoms with Gasteiger partial charge in [0.25, 0.3) is 0 Å². The molecule has 0 fully saturated rings. The minimum Gasteiger partial charge on any atom is -0.370 e. The number of aromatic nitrogens is 2. The van der Waals surface area contributed by atoms with Crippen molar-refractivity contribution in [2.45, 2.75) is 25.8 Å². The molecule has 0 spiro atoms. The lowest BCUT2D eigenvalue weighted by molar-refractivity contribution is 0.636. The van der Waals surface area contributed by atoms with Crippen LogP contribution in [0.5, 0.6) is 0 Å². The smallest absolute Gasteiger partial charge is 0.123 e. The van der Waals surface area contributed by atoms with Crippen molar-refractivity contribution in [1.29, 1.82) is 0 Å². The van der Waals surface area contributed by atoms with Gasteiger partial charge in [-0.05, 0) is 19.8 Å². The second-order valence-corrected chi connectivity index (χ2v) is 3.39. The molecule has 0 aromatic carbocycles. The topological polar surface area (TPSA) is 55.9 Å². The molecule has 0 amide bonds. The zero-order valence-electron chi connectivity index (χ0n) is 8.33. The Morgan fingerprint density at radius 2 is 2.46 bits per heavy atom. The molecule has 13 heavy (non-hydrogen) atoms. The van der Waals surface area contributed by atoms with Crippen LogP contribution in [-0.2, 0) is 7.05 Å². The molecule has 0 saturated carbocycles. The maximum absolute atomic E-state index is 5.64. The molecule has 3 N–H and O–H groups in total. The van der Waals surface area contributed by atoms with Crippen molar-refractivity contribution in [1.82, 2.24) is 9.78 Å². The quantitative estimate of drug-likeness (QED) is 0.667. The average molecular weight is 182 g/mol. The first-order chi connectivity index (χ1) is 6.20. The van der Waals surface area contributed by atoms with E-state index in [4.69, 9.17) is 5.73 Å². The van der Waals surface area contributed by atoms with Crippen molar-refractivity contribution < 1.29 is 0 Å².